The topological polar surface area (TPSA) is 108 Å². The van der Waals surface area contributed by atoms with Crippen LogP contribution in [-0.2, 0) is 4.79 Å². The van der Waals surface area contributed by atoms with E-state index in [1.807, 2.05) is 0 Å². The molecule has 5 unspecified atom stereocenters. The Morgan fingerprint density at radius 2 is 0.762 bits per heavy atom. The SMILES string of the molecule is CCCCC/C=C/C1C(CCCCC)C=CC(CCCCCCCCN(C)O)C1CCCCCCCCN(C)O.CCCCCCC/C=C(/CCCCCCCCC(=O)O)C(CCCCCCCC)CCCCCCCCN(C)O. The highest BCUT2D eigenvalue weighted by atomic mass is 16.5. The van der Waals surface area contributed by atoms with Gasteiger partial charge in [-0.05, 0) is 126 Å². The largest absolute Gasteiger partial charge is 0.481 e. The predicted octanol–water partition coefficient (Wildman–Crippen LogP) is 22.7. The normalized spacial score (nSPS) is 17.1. The van der Waals surface area contributed by atoms with Crippen molar-refractivity contribution >= 4 is 5.97 Å². The van der Waals surface area contributed by atoms with Gasteiger partial charge >= 0.3 is 5.97 Å². The molecule has 0 heterocycles. The quantitative estimate of drug-likeness (QED) is 0.0271. The smallest absolute Gasteiger partial charge is 0.303 e. The summed E-state index contributed by atoms with van der Waals surface area (Å²) in [6.45, 7) is 11.6. The zero-order valence-corrected chi connectivity index (χ0v) is 54.8. The van der Waals surface area contributed by atoms with E-state index in [4.69, 9.17) is 5.11 Å². The number of allylic oxidation sites excluding steroid dienone is 6. The third kappa shape index (κ3) is 52.0. The predicted molar refractivity (Wildman–Crippen MR) is 348 cm³/mol. The van der Waals surface area contributed by atoms with E-state index in [1.165, 1.54) is 298 Å². The molecule has 0 radical (unpaired) electrons. The monoisotopic (exact) mass is 1130 g/mol. The van der Waals surface area contributed by atoms with Crippen LogP contribution in [0.2, 0.25) is 0 Å². The van der Waals surface area contributed by atoms with Crippen LogP contribution in [0.1, 0.15) is 349 Å². The van der Waals surface area contributed by atoms with E-state index < -0.39 is 5.97 Å². The van der Waals surface area contributed by atoms with Crippen LogP contribution in [0.3, 0.4) is 0 Å². The highest BCUT2D eigenvalue weighted by molar-refractivity contribution is 5.66. The first-order valence-electron chi connectivity index (χ1n) is 35.5. The minimum Gasteiger partial charge on any atom is -0.481 e. The molecule has 0 bridgehead atoms. The Bertz CT molecular complexity index is 1370. The molecule has 1 rings (SSSR count). The van der Waals surface area contributed by atoms with Crippen LogP contribution in [0.15, 0.2) is 36.0 Å². The fourth-order valence-electron chi connectivity index (χ4n) is 12.6. The summed E-state index contributed by atoms with van der Waals surface area (Å²) in [6, 6.07) is 0. The fourth-order valence-corrected chi connectivity index (χ4v) is 12.6. The molecule has 474 valence electrons. The first-order valence-corrected chi connectivity index (χ1v) is 35.5. The van der Waals surface area contributed by atoms with Crippen molar-refractivity contribution in [3.63, 3.8) is 0 Å². The van der Waals surface area contributed by atoms with Crippen molar-refractivity contribution in [3.05, 3.63) is 36.0 Å². The maximum Gasteiger partial charge on any atom is 0.303 e. The summed E-state index contributed by atoms with van der Waals surface area (Å²) in [6.07, 6.45) is 77.3. The summed E-state index contributed by atoms with van der Waals surface area (Å²) in [5.41, 5.74) is 1.78. The number of hydroxylamine groups is 6. The number of nitrogens with zero attached hydrogens (tertiary/aromatic N) is 3. The summed E-state index contributed by atoms with van der Waals surface area (Å²) in [5, 5.41) is 40.7. The number of aliphatic carboxylic acids is 1. The van der Waals surface area contributed by atoms with Gasteiger partial charge in [0.05, 0.1) is 0 Å². The molecule has 0 aromatic rings. The molecule has 5 atom stereocenters. The number of hydrogen-bond acceptors (Lipinski definition) is 7. The molecule has 0 spiro atoms. The molecule has 0 saturated heterocycles. The van der Waals surface area contributed by atoms with E-state index in [1.54, 1.807) is 26.7 Å². The number of unbranched alkanes of at least 4 members (excludes halogenated alkanes) is 35. The summed E-state index contributed by atoms with van der Waals surface area (Å²) in [4.78, 5) is 10.7. The molecule has 80 heavy (non-hydrogen) atoms. The van der Waals surface area contributed by atoms with Gasteiger partial charge in [-0.25, -0.2) is 0 Å². The van der Waals surface area contributed by atoms with Crippen molar-refractivity contribution in [1.82, 2.24) is 15.2 Å². The van der Waals surface area contributed by atoms with Crippen LogP contribution >= 0.6 is 0 Å². The van der Waals surface area contributed by atoms with Crippen LogP contribution < -0.4 is 0 Å². The number of hydrogen-bond donors (Lipinski definition) is 4. The first-order chi connectivity index (χ1) is 39.0. The summed E-state index contributed by atoms with van der Waals surface area (Å²) >= 11 is 0. The van der Waals surface area contributed by atoms with Crippen molar-refractivity contribution in [2.45, 2.75) is 349 Å². The Balaban J connectivity index is 0.00000156. The van der Waals surface area contributed by atoms with Gasteiger partial charge in [-0.2, -0.15) is 15.2 Å². The highest BCUT2D eigenvalue weighted by Gasteiger charge is 2.33. The van der Waals surface area contributed by atoms with E-state index in [0.29, 0.717) is 6.42 Å². The number of carboxylic acid groups (broad SMARTS) is 1. The van der Waals surface area contributed by atoms with Gasteiger partial charge in [-0.15, -0.1) is 0 Å². The van der Waals surface area contributed by atoms with E-state index in [9.17, 15) is 20.4 Å². The van der Waals surface area contributed by atoms with E-state index in [0.717, 1.165) is 81.3 Å². The number of rotatable bonds is 59. The Labute approximate surface area is 499 Å². The van der Waals surface area contributed by atoms with Crippen molar-refractivity contribution in [1.29, 1.82) is 0 Å². The second-order valence-electron chi connectivity index (χ2n) is 25.5. The van der Waals surface area contributed by atoms with Crippen LogP contribution in [0.25, 0.3) is 0 Å². The molecule has 0 amide bonds. The Kier molecular flexibility index (Phi) is 59.4. The summed E-state index contributed by atoms with van der Waals surface area (Å²) < 4.78 is 0. The maximum atomic E-state index is 10.7. The average Bonchev–Trinajstić information content (AvgIpc) is 3.42. The molecule has 0 aromatic heterocycles. The molecule has 0 aliphatic heterocycles. The zero-order valence-electron chi connectivity index (χ0n) is 54.8. The molecule has 1 aliphatic rings. The van der Waals surface area contributed by atoms with Gasteiger partial charge < -0.3 is 20.7 Å². The molecule has 4 N–H and O–H groups in total. The number of carboxylic acids is 1. The average molecular weight is 1130 g/mol. The Morgan fingerprint density at radius 3 is 1.25 bits per heavy atom. The van der Waals surface area contributed by atoms with Crippen molar-refractivity contribution in [2.75, 3.05) is 40.8 Å². The molecular weight excluding hydrogens is 987 g/mol. The van der Waals surface area contributed by atoms with Gasteiger partial charge in [-0.1, -0.05) is 282 Å². The second kappa shape index (κ2) is 60.6. The van der Waals surface area contributed by atoms with Crippen LogP contribution in [0, 0.1) is 29.6 Å². The van der Waals surface area contributed by atoms with Gasteiger partial charge in [-0.3, -0.25) is 4.79 Å². The molecule has 1 aliphatic carbocycles. The fraction of sp³-hybridized carbons (Fsp3) is 0.903. The number of carbonyl (C=O) groups is 1. The Morgan fingerprint density at radius 1 is 0.412 bits per heavy atom. The van der Waals surface area contributed by atoms with Crippen molar-refractivity contribution in [2.24, 2.45) is 29.6 Å². The lowest BCUT2D eigenvalue weighted by molar-refractivity contribution is -0.137. The van der Waals surface area contributed by atoms with Gasteiger partial charge in [0, 0.05) is 47.2 Å². The molecule has 8 heteroatoms. The van der Waals surface area contributed by atoms with Crippen LogP contribution in [0.4, 0.5) is 0 Å². The first kappa shape index (κ1) is 78.5. The maximum absolute atomic E-state index is 10.7. The standard InChI is InChI=1S/C36H70N2O2.C36H71NO3/c1-5-7-9-14-21-27-35-33(25-19-8-6-2)29-30-34(26-20-15-10-12-17-23-31-37(3)39)36(35)28-22-16-11-13-18-24-32-38(4)40;1-4-6-8-10-16-22-28-34(30-24-18-12-13-20-26-32-36(38)39)35(29-23-17-11-9-7-5-2)31-25-19-14-15-21-27-33-37(3)40/h21,27,29-30,33-36,39-40H,5-20,22-26,28,31-32H2,1-4H3;28,35,40H,4-27,29-33H2,1-3H3,(H,38,39)/b27-21+;34-28-. The molecule has 0 fully saturated rings. The molecular formula is C72H141N3O5. The molecule has 0 saturated carbocycles. The van der Waals surface area contributed by atoms with Crippen molar-refractivity contribution < 1.29 is 25.5 Å². The zero-order chi connectivity index (χ0) is 58.8. The lowest BCUT2D eigenvalue weighted by atomic mass is 9.66. The van der Waals surface area contributed by atoms with E-state index >= 15 is 0 Å². The van der Waals surface area contributed by atoms with Gasteiger partial charge in [0.25, 0.3) is 0 Å². The lowest BCUT2D eigenvalue weighted by Crippen LogP contribution is -2.30. The van der Waals surface area contributed by atoms with Gasteiger partial charge in [0.1, 0.15) is 0 Å². The second-order valence-corrected chi connectivity index (χ2v) is 25.5. The minimum absolute atomic E-state index is 0.325. The van der Waals surface area contributed by atoms with Gasteiger partial charge in [0.2, 0.25) is 0 Å². The molecule has 8 nitrogen and oxygen atoms in total. The van der Waals surface area contributed by atoms with Crippen LogP contribution in [-0.4, -0.2) is 82.7 Å². The summed E-state index contributed by atoms with van der Waals surface area (Å²) in [7, 11) is 5.23. The van der Waals surface area contributed by atoms with Crippen LogP contribution in [0.5, 0.6) is 0 Å². The molecule has 0 aromatic carbocycles. The lowest BCUT2D eigenvalue weighted by Gasteiger charge is -2.39. The Hall–Kier alpha value is -1.55. The third-order valence-electron chi connectivity index (χ3n) is 17.7. The summed E-state index contributed by atoms with van der Waals surface area (Å²) in [5.74, 6) is 3.13. The minimum atomic E-state index is -0.657. The van der Waals surface area contributed by atoms with Crippen molar-refractivity contribution in [3.8, 4) is 0 Å². The highest BCUT2D eigenvalue weighted by Crippen LogP contribution is 2.43. The van der Waals surface area contributed by atoms with Gasteiger partial charge in [0.15, 0.2) is 0 Å². The third-order valence-corrected chi connectivity index (χ3v) is 17.7. The van der Waals surface area contributed by atoms with E-state index in [-0.39, 0.29) is 0 Å². The van der Waals surface area contributed by atoms with E-state index in [2.05, 4.69) is 58.1 Å².